The molecule has 0 N–H and O–H groups in total. The Morgan fingerprint density at radius 1 is 1.12 bits per heavy atom. The number of nitrogens with zero attached hydrogens (tertiary/aromatic N) is 7. The van der Waals surface area contributed by atoms with Gasteiger partial charge in [0.15, 0.2) is 23.0 Å². The van der Waals surface area contributed by atoms with Gasteiger partial charge in [0.2, 0.25) is 5.88 Å². The lowest BCUT2D eigenvalue weighted by Gasteiger charge is -2.32. The topological polar surface area (TPSA) is 111 Å². The number of likely N-dealkylation sites (tertiary alicyclic amines) is 1. The standard InChI is InChI=1S/C28H27BrFN7O3/c29-19-12-23-28(33-14-19)35-26(37(23)15-21-6-10-38-21)16-36-8-4-20(5-9-36)40-27-3-7-32-25(34-27)17-39-24-2-1-18(13-31)11-22(24)30/h1-3,7,11-12,14,20-21H,4-6,8-10,15-17H2. The minimum absolute atomic E-state index is 0.0171. The number of hydrogen-bond donors (Lipinski definition) is 0. The van der Waals surface area contributed by atoms with Crippen molar-refractivity contribution in [3.05, 3.63) is 70.2 Å². The van der Waals surface area contributed by atoms with Gasteiger partial charge in [0.1, 0.15) is 18.5 Å². The quantitative estimate of drug-likeness (QED) is 0.273. The van der Waals surface area contributed by atoms with E-state index in [1.54, 1.807) is 18.5 Å². The lowest BCUT2D eigenvalue weighted by atomic mass is 10.1. The van der Waals surface area contributed by atoms with Gasteiger partial charge in [0.25, 0.3) is 0 Å². The summed E-state index contributed by atoms with van der Waals surface area (Å²) in [7, 11) is 0. The zero-order valence-electron chi connectivity index (χ0n) is 21.7. The first-order valence-electron chi connectivity index (χ1n) is 13.2. The molecule has 40 heavy (non-hydrogen) atoms. The number of hydrogen-bond acceptors (Lipinski definition) is 9. The maximum Gasteiger partial charge on any atom is 0.216 e. The molecule has 0 saturated carbocycles. The molecular weight excluding hydrogens is 581 g/mol. The van der Waals surface area contributed by atoms with Gasteiger partial charge in [-0.3, -0.25) is 4.90 Å². The summed E-state index contributed by atoms with van der Waals surface area (Å²) in [6.45, 7) is 4.04. The van der Waals surface area contributed by atoms with Crippen molar-refractivity contribution in [3.63, 3.8) is 0 Å². The van der Waals surface area contributed by atoms with Crippen LogP contribution in [0.3, 0.4) is 0 Å². The zero-order chi connectivity index (χ0) is 27.5. The van der Waals surface area contributed by atoms with Crippen LogP contribution in [0.2, 0.25) is 0 Å². The number of imidazole rings is 1. The van der Waals surface area contributed by atoms with Crippen LogP contribution in [0.4, 0.5) is 4.39 Å². The lowest BCUT2D eigenvalue weighted by molar-refractivity contribution is -0.0592. The van der Waals surface area contributed by atoms with Crippen LogP contribution in [0.1, 0.15) is 36.5 Å². The molecule has 12 heteroatoms. The summed E-state index contributed by atoms with van der Waals surface area (Å²) in [6, 6.07) is 9.74. The molecule has 2 saturated heterocycles. The third kappa shape index (κ3) is 6.06. The van der Waals surface area contributed by atoms with Crippen molar-refractivity contribution in [1.82, 2.24) is 29.4 Å². The molecule has 10 nitrogen and oxygen atoms in total. The number of nitriles is 1. The van der Waals surface area contributed by atoms with Gasteiger partial charge in [0.05, 0.1) is 36.3 Å². The highest BCUT2D eigenvalue weighted by atomic mass is 79.9. The molecule has 206 valence electrons. The molecule has 2 aliphatic rings. The highest BCUT2D eigenvalue weighted by Crippen LogP contribution is 2.25. The highest BCUT2D eigenvalue weighted by Gasteiger charge is 2.26. The van der Waals surface area contributed by atoms with Gasteiger partial charge < -0.3 is 18.8 Å². The molecule has 0 bridgehead atoms. The first kappa shape index (κ1) is 26.6. The molecule has 1 aromatic carbocycles. The van der Waals surface area contributed by atoms with E-state index in [2.05, 4.69) is 46.4 Å². The smallest absolute Gasteiger partial charge is 0.216 e. The van der Waals surface area contributed by atoms with Gasteiger partial charge in [-0.15, -0.1) is 0 Å². The summed E-state index contributed by atoms with van der Waals surface area (Å²) in [5, 5.41) is 8.89. The summed E-state index contributed by atoms with van der Waals surface area (Å²) in [5.74, 6) is 1.28. The lowest BCUT2D eigenvalue weighted by Crippen LogP contribution is -2.39. The van der Waals surface area contributed by atoms with Crippen LogP contribution in [0, 0.1) is 17.1 Å². The number of benzene rings is 1. The van der Waals surface area contributed by atoms with Gasteiger partial charge in [-0.05, 0) is 59.5 Å². The van der Waals surface area contributed by atoms with Gasteiger partial charge in [0, 0.05) is 42.6 Å². The monoisotopic (exact) mass is 607 g/mol. The van der Waals surface area contributed by atoms with Crippen molar-refractivity contribution in [2.24, 2.45) is 0 Å². The van der Waals surface area contributed by atoms with Crippen molar-refractivity contribution in [2.45, 2.75) is 51.2 Å². The van der Waals surface area contributed by atoms with E-state index in [0.717, 1.165) is 79.6 Å². The summed E-state index contributed by atoms with van der Waals surface area (Å²) >= 11 is 3.54. The van der Waals surface area contributed by atoms with Crippen LogP contribution < -0.4 is 9.47 Å². The summed E-state index contributed by atoms with van der Waals surface area (Å²) in [5.41, 5.74) is 2.00. The molecule has 0 amide bonds. The van der Waals surface area contributed by atoms with Gasteiger partial charge in [-0.2, -0.15) is 10.2 Å². The maximum atomic E-state index is 14.1. The molecule has 0 radical (unpaired) electrons. The van der Waals surface area contributed by atoms with E-state index < -0.39 is 5.82 Å². The zero-order valence-corrected chi connectivity index (χ0v) is 23.3. The van der Waals surface area contributed by atoms with Crippen molar-refractivity contribution in [3.8, 4) is 17.7 Å². The SMILES string of the molecule is N#Cc1ccc(OCc2nccc(OC3CCN(Cc4nc5ncc(Br)cc5n4CC4CCO4)CC3)n2)c(F)c1. The molecule has 6 rings (SSSR count). The molecule has 0 aliphatic carbocycles. The molecule has 1 atom stereocenters. The van der Waals surface area contributed by atoms with Crippen LogP contribution in [-0.2, 0) is 24.4 Å². The van der Waals surface area contributed by atoms with Crippen molar-refractivity contribution in [2.75, 3.05) is 19.7 Å². The molecule has 4 aromatic rings. The second-order valence-electron chi connectivity index (χ2n) is 9.87. The molecule has 0 spiro atoms. The van der Waals surface area contributed by atoms with E-state index in [-0.39, 0.29) is 30.1 Å². The third-order valence-electron chi connectivity index (χ3n) is 7.12. The van der Waals surface area contributed by atoms with E-state index in [1.165, 1.54) is 12.1 Å². The van der Waals surface area contributed by atoms with Crippen LogP contribution in [0.25, 0.3) is 11.2 Å². The van der Waals surface area contributed by atoms with E-state index in [4.69, 9.17) is 24.5 Å². The van der Waals surface area contributed by atoms with Crippen LogP contribution in [-0.4, -0.2) is 61.3 Å². The minimum Gasteiger partial charge on any atom is -0.483 e. The Balaban J connectivity index is 1.04. The van der Waals surface area contributed by atoms with E-state index in [9.17, 15) is 4.39 Å². The predicted octanol–water partition coefficient (Wildman–Crippen LogP) is 4.41. The summed E-state index contributed by atoms with van der Waals surface area (Å²) in [6.07, 6.45) is 6.39. The predicted molar refractivity (Wildman–Crippen MR) is 146 cm³/mol. The number of piperidine rings is 1. The van der Waals surface area contributed by atoms with Gasteiger partial charge in [-0.1, -0.05) is 0 Å². The fourth-order valence-electron chi connectivity index (χ4n) is 4.89. The normalized spacial score (nSPS) is 17.9. The fraction of sp³-hybridized carbons (Fsp3) is 0.393. The number of rotatable bonds is 9. The van der Waals surface area contributed by atoms with Crippen LogP contribution >= 0.6 is 15.9 Å². The molecule has 5 heterocycles. The van der Waals surface area contributed by atoms with E-state index in [1.807, 2.05) is 6.07 Å². The summed E-state index contributed by atoms with van der Waals surface area (Å²) in [4.78, 5) is 20.4. The average Bonchev–Trinajstić information content (AvgIpc) is 3.27. The van der Waals surface area contributed by atoms with Crippen molar-refractivity contribution >= 4 is 27.1 Å². The molecule has 3 aromatic heterocycles. The molecule has 1 unspecified atom stereocenters. The Morgan fingerprint density at radius 3 is 2.73 bits per heavy atom. The van der Waals surface area contributed by atoms with E-state index >= 15 is 0 Å². The minimum atomic E-state index is -0.603. The van der Waals surface area contributed by atoms with Gasteiger partial charge >= 0.3 is 0 Å². The Hall–Kier alpha value is -3.66. The number of halogens is 2. The molecule has 2 aliphatic heterocycles. The Morgan fingerprint density at radius 2 is 1.98 bits per heavy atom. The van der Waals surface area contributed by atoms with Crippen LogP contribution in [0.5, 0.6) is 11.6 Å². The number of pyridine rings is 1. The number of aromatic nitrogens is 5. The second-order valence-corrected chi connectivity index (χ2v) is 10.8. The third-order valence-corrected chi connectivity index (χ3v) is 7.55. The maximum absolute atomic E-state index is 14.1. The molecule has 2 fully saturated rings. The van der Waals surface area contributed by atoms with E-state index in [0.29, 0.717) is 11.7 Å². The number of ether oxygens (including phenoxy) is 3. The first-order chi connectivity index (χ1) is 19.5. The Kier molecular flexibility index (Phi) is 7.86. The Labute approximate surface area is 238 Å². The Bertz CT molecular complexity index is 1550. The summed E-state index contributed by atoms with van der Waals surface area (Å²) < 4.78 is 34.7. The fourth-order valence-corrected chi connectivity index (χ4v) is 5.20. The second kappa shape index (κ2) is 11.8. The van der Waals surface area contributed by atoms with Crippen LogP contribution in [0.15, 0.2) is 47.2 Å². The molecular formula is C28H27BrFN7O3. The van der Waals surface area contributed by atoms with Crippen molar-refractivity contribution < 1.29 is 18.6 Å². The largest absolute Gasteiger partial charge is 0.483 e. The first-order valence-corrected chi connectivity index (χ1v) is 14.0. The van der Waals surface area contributed by atoms with Gasteiger partial charge in [-0.25, -0.2) is 19.3 Å². The van der Waals surface area contributed by atoms with Crippen molar-refractivity contribution in [1.29, 1.82) is 5.26 Å². The highest BCUT2D eigenvalue weighted by molar-refractivity contribution is 9.10. The number of fused-ring (bicyclic) bond motifs is 1. The average molecular weight is 608 g/mol.